The molecule has 0 fully saturated rings. The van der Waals surface area contributed by atoms with Gasteiger partial charge in [0, 0.05) is 23.3 Å². The van der Waals surface area contributed by atoms with Gasteiger partial charge in [-0.25, -0.2) is 0 Å². The van der Waals surface area contributed by atoms with E-state index in [2.05, 4.69) is 15.9 Å². The number of Topliss-reactive ketones (excluding diaryl/α,β-unsaturated/α-hetero) is 1. The minimum absolute atomic E-state index is 0.273. The van der Waals surface area contributed by atoms with Crippen molar-refractivity contribution in [1.29, 1.82) is 0 Å². The van der Waals surface area contributed by atoms with Gasteiger partial charge in [0.2, 0.25) is 0 Å². The van der Waals surface area contributed by atoms with Gasteiger partial charge in [-0.3, -0.25) is 4.79 Å². The molecule has 0 saturated heterocycles. The lowest BCUT2D eigenvalue weighted by molar-refractivity contribution is -0.128. The first-order chi connectivity index (χ1) is 7.57. The second kappa shape index (κ2) is 5.94. The SMILES string of the molecule is CCC(CC)(CN)C(=O)Cc1ccc(Br)s1. The highest BCUT2D eigenvalue weighted by Crippen LogP contribution is 2.30. The lowest BCUT2D eigenvalue weighted by Gasteiger charge is -2.28. The molecule has 0 saturated carbocycles. The molecule has 2 nitrogen and oxygen atoms in total. The van der Waals surface area contributed by atoms with Gasteiger partial charge in [0.05, 0.1) is 3.79 Å². The second-order valence-corrected chi connectivity index (χ2v) is 6.54. The van der Waals surface area contributed by atoms with Crippen LogP contribution in [-0.4, -0.2) is 12.3 Å². The molecule has 1 heterocycles. The Morgan fingerprint density at radius 2 is 2.06 bits per heavy atom. The van der Waals surface area contributed by atoms with Gasteiger partial charge in [0.15, 0.2) is 0 Å². The van der Waals surface area contributed by atoms with E-state index in [1.165, 1.54) is 0 Å². The van der Waals surface area contributed by atoms with Gasteiger partial charge in [0.25, 0.3) is 0 Å². The van der Waals surface area contributed by atoms with Crippen LogP contribution in [-0.2, 0) is 11.2 Å². The number of rotatable bonds is 6. The maximum Gasteiger partial charge on any atom is 0.145 e. The first-order valence-electron chi connectivity index (χ1n) is 5.55. The summed E-state index contributed by atoms with van der Waals surface area (Å²) in [7, 11) is 0. The first-order valence-corrected chi connectivity index (χ1v) is 7.16. The Kier molecular flexibility index (Phi) is 5.15. The van der Waals surface area contributed by atoms with Crippen LogP contribution in [0.3, 0.4) is 0 Å². The Hall–Kier alpha value is -0.190. The maximum atomic E-state index is 12.2. The van der Waals surface area contributed by atoms with E-state index in [-0.39, 0.29) is 11.2 Å². The highest BCUT2D eigenvalue weighted by atomic mass is 79.9. The van der Waals surface area contributed by atoms with Crippen LogP contribution in [0.5, 0.6) is 0 Å². The van der Waals surface area contributed by atoms with Crippen LogP contribution in [0.25, 0.3) is 0 Å². The molecule has 0 radical (unpaired) electrons. The Bertz CT molecular complexity index is 349. The fourth-order valence-electron chi connectivity index (χ4n) is 1.84. The molecule has 1 rings (SSSR count). The molecule has 0 atom stereocenters. The third-order valence-electron chi connectivity index (χ3n) is 3.30. The number of nitrogens with two attached hydrogens (primary N) is 1. The summed E-state index contributed by atoms with van der Waals surface area (Å²) < 4.78 is 1.07. The van der Waals surface area contributed by atoms with Crippen LogP contribution in [0, 0.1) is 5.41 Å². The van der Waals surface area contributed by atoms with Crippen molar-refractivity contribution in [2.75, 3.05) is 6.54 Å². The van der Waals surface area contributed by atoms with Crippen LogP contribution in [0.2, 0.25) is 0 Å². The Morgan fingerprint density at radius 3 is 2.44 bits per heavy atom. The third kappa shape index (κ3) is 2.93. The van der Waals surface area contributed by atoms with Crippen LogP contribution < -0.4 is 5.73 Å². The van der Waals surface area contributed by atoms with Crippen molar-refractivity contribution in [1.82, 2.24) is 0 Å². The number of hydrogen-bond donors (Lipinski definition) is 1. The van der Waals surface area contributed by atoms with Crippen molar-refractivity contribution in [3.63, 3.8) is 0 Å². The smallest absolute Gasteiger partial charge is 0.145 e. The van der Waals surface area contributed by atoms with Gasteiger partial charge in [-0.2, -0.15) is 0 Å². The first kappa shape index (κ1) is 13.9. The molecule has 0 spiro atoms. The average Bonchev–Trinajstić information content (AvgIpc) is 2.67. The van der Waals surface area contributed by atoms with E-state index >= 15 is 0 Å². The van der Waals surface area contributed by atoms with Gasteiger partial charge in [-0.15, -0.1) is 11.3 Å². The number of halogens is 1. The van der Waals surface area contributed by atoms with E-state index in [0.29, 0.717) is 13.0 Å². The molecule has 2 N–H and O–H groups in total. The molecule has 90 valence electrons. The summed E-state index contributed by atoms with van der Waals surface area (Å²) in [6.45, 7) is 4.53. The topological polar surface area (TPSA) is 43.1 Å². The van der Waals surface area contributed by atoms with E-state index < -0.39 is 0 Å². The van der Waals surface area contributed by atoms with Gasteiger partial charge in [-0.1, -0.05) is 13.8 Å². The second-order valence-electron chi connectivity index (χ2n) is 4.00. The Morgan fingerprint density at radius 1 is 1.44 bits per heavy atom. The molecule has 0 aliphatic heterocycles. The van der Waals surface area contributed by atoms with Crippen molar-refractivity contribution >= 4 is 33.0 Å². The number of thiophene rings is 1. The van der Waals surface area contributed by atoms with Crippen LogP contribution in [0.15, 0.2) is 15.9 Å². The number of hydrogen-bond acceptors (Lipinski definition) is 3. The lowest BCUT2D eigenvalue weighted by atomic mass is 9.77. The molecular weight excluding hydrogens is 286 g/mol. The summed E-state index contributed by atoms with van der Waals surface area (Å²) in [4.78, 5) is 13.4. The van der Waals surface area contributed by atoms with Gasteiger partial charge in [-0.05, 0) is 40.9 Å². The largest absolute Gasteiger partial charge is 0.329 e. The summed E-state index contributed by atoms with van der Waals surface area (Å²) in [6.07, 6.45) is 2.16. The third-order valence-corrected chi connectivity index (χ3v) is 4.92. The Balaban J connectivity index is 2.77. The predicted molar refractivity (Wildman–Crippen MR) is 72.8 cm³/mol. The monoisotopic (exact) mass is 303 g/mol. The summed E-state index contributed by atoms with van der Waals surface area (Å²) in [5, 5.41) is 0. The fraction of sp³-hybridized carbons (Fsp3) is 0.583. The van der Waals surface area contributed by atoms with E-state index in [1.807, 2.05) is 26.0 Å². The molecule has 1 aromatic rings. The van der Waals surface area contributed by atoms with Crippen LogP contribution in [0.4, 0.5) is 0 Å². The standard InChI is InChI=1S/C12H18BrNOS/c1-3-12(4-2,8-14)10(15)7-9-5-6-11(13)16-9/h5-6H,3-4,7-8,14H2,1-2H3. The highest BCUT2D eigenvalue weighted by molar-refractivity contribution is 9.11. The summed E-state index contributed by atoms with van der Waals surface area (Å²) in [6, 6.07) is 3.98. The quantitative estimate of drug-likeness (QED) is 0.875. The van der Waals surface area contributed by atoms with E-state index in [9.17, 15) is 4.79 Å². The molecular formula is C12H18BrNOS. The fourth-order valence-corrected chi connectivity index (χ4v) is 3.32. The number of ketones is 1. The molecule has 0 amide bonds. The van der Waals surface area contributed by atoms with Crippen molar-refractivity contribution in [2.24, 2.45) is 11.1 Å². The van der Waals surface area contributed by atoms with Crippen molar-refractivity contribution in [3.05, 3.63) is 20.8 Å². The molecule has 16 heavy (non-hydrogen) atoms. The molecule has 0 unspecified atom stereocenters. The lowest BCUT2D eigenvalue weighted by Crippen LogP contribution is -2.38. The molecule has 0 bridgehead atoms. The number of carbonyl (C=O) groups is 1. The average molecular weight is 304 g/mol. The molecule has 0 aliphatic rings. The van der Waals surface area contributed by atoms with Gasteiger partial charge < -0.3 is 5.73 Å². The van der Waals surface area contributed by atoms with Crippen molar-refractivity contribution < 1.29 is 4.79 Å². The van der Waals surface area contributed by atoms with Crippen LogP contribution in [0.1, 0.15) is 31.6 Å². The normalized spacial score (nSPS) is 11.8. The zero-order valence-corrected chi connectivity index (χ0v) is 12.2. The van der Waals surface area contributed by atoms with E-state index in [1.54, 1.807) is 11.3 Å². The molecule has 1 aromatic heterocycles. The molecule has 0 aromatic carbocycles. The van der Waals surface area contributed by atoms with E-state index in [0.717, 1.165) is 21.5 Å². The van der Waals surface area contributed by atoms with Crippen molar-refractivity contribution in [3.8, 4) is 0 Å². The minimum Gasteiger partial charge on any atom is -0.329 e. The van der Waals surface area contributed by atoms with E-state index in [4.69, 9.17) is 5.73 Å². The highest BCUT2D eigenvalue weighted by Gasteiger charge is 2.32. The number of carbonyl (C=O) groups excluding carboxylic acids is 1. The van der Waals surface area contributed by atoms with Gasteiger partial charge in [0.1, 0.15) is 5.78 Å². The zero-order valence-electron chi connectivity index (χ0n) is 9.75. The zero-order chi connectivity index (χ0) is 12.2. The molecule has 0 aliphatic carbocycles. The Labute approximate surface area is 109 Å². The minimum atomic E-state index is -0.323. The summed E-state index contributed by atoms with van der Waals surface area (Å²) >= 11 is 5.02. The summed E-state index contributed by atoms with van der Waals surface area (Å²) in [5.74, 6) is 0.273. The maximum absolute atomic E-state index is 12.2. The molecule has 4 heteroatoms. The van der Waals surface area contributed by atoms with Gasteiger partial charge >= 0.3 is 0 Å². The van der Waals surface area contributed by atoms with Crippen molar-refractivity contribution in [2.45, 2.75) is 33.1 Å². The van der Waals surface area contributed by atoms with Crippen LogP contribution >= 0.6 is 27.3 Å². The predicted octanol–water partition coefficient (Wildman–Crippen LogP) is 3.39. The summed E-state index contributed by atoms with van der Waals surface area (Å²) in [5.41, 5.74) is 5.44.